The van der Waals surface area contributed by atoms with Gasteiger partial charge in [0.2, 0.25) is 0 Å². The van der Waals surface area contributed by atoms with Crippen LogP contribution in [-0.2, 0) is 0 Å². The van der Waals surface area contributed by atoms with Crippen molar-refractivity contribution in [1.82, 2.24) is 10.6 Å². The molecule has 0 aromatic carbocycles. The molecule has 1 fully saturated rings. The van der Waals surface area contributed by atoms with Gasteiger partial charge in [0.05, 0.1) is 0 Å². The van der Waals surface area contributed by atoms with Crippen molar-refractivity contribution in [3.8, 4) is 0 Å². The largest absolute Gasteiger partial charge is 0.314 e. The van der Waals surface area contributed by atoms with Gasteiger partial charge in [0.15, 0.2) is 0 Å². The molecule has 0 bridgehead atoms. The Labute approximate surface area is 102 Å². The lowest BCUT2D eigenvalue weighted by atomic mass is 10.1. The first-order valence-electron chi connectivity index (χ1n) is 6.28. The minimum absolute atomic E-state index is 0.483. The zero-order chi connectivity index (χ0) is 11.4. The monoisotopic (exact) mass is 238 g/mol. The lowest BCUT2D eigenvalue weighted by Gasteiger charge is -2.22. The zero-order valence-electron chi connectivity index (χ0n) is 10.2. The summed E-state index contributed by atoms with van der Waals surface area (Å²) in [6.07, 6.45) is 3.94. The summed E-state index contributed by atoms with van der Waals surface area (Å²) in [6, 6.07) is 6.15. The van der Waals surface area contributed by atoms with E-state index >= 15 is 0 Å². The molecule has 1 aromatic heterocycles. The average molecular weight is 238 g/mol. The van der Waals surface area contributed by atoms with Crippen LogP contribution in [0.4, 0.5) is 0 Å². The molecule has 3 heteroatoms. The maximum atomic E-state index is 3.68. The molecule has 0 radical (unpaired) electrons. The molecular weight excluding hydrogens is 216 g/mol. The molecule has 2 nitrogen and oxygen atoms in total. The highest BCUT2D eigenvalue weighted by atomic mass is 32.1. The molecule has 1 aromatic rings. The summed E-state index contributed by atoms with van der Waals surface area (Å²) in [5.74, 6) is 0. The van der Waals surface area contributed by atoms with Crippen LogP contribution in [0.1, 0.15) is 44.0 Å². The predicted molar refractivity (Wildman–Crippen MR) is 71.0 cm³/mol. The smallest absolute Gasteiger partial charge is 0.0388 e. The third kappa shape index (κ3) is 3.30. The molecule has 0 aliphatic carbocycles. The van der Waals surface area contributed by atoms with E-state index in [9.17, 15) is 0 Å². The molecule has 2 heterocycles. The van der Waals surface area contributed by atoms with Gasteiger partial charge >= 0.3 is 0 Å². The molecule has 0 amide bonds. The van der Waals surface area contributed by atoms with E-state index in [4.69, 9.17) is 0 Å². The van der Waals surface area contributed by atoms with Crippen LogP contribution in [-0.4, -0.2) is 18.6 Å². The Morgan fingerprint density at radius 2 is 2.44 bits per heavy atom. The highest BCUT2D eigenvalue weighted by Crippen LogP contribution is 2.20. The Morgan fingerprint density at radius 1 is 1.56 bits per heavy atom. The van der Waals surface area contributed by atoms with E-state index in [0.717, 1.165) is 6.04 Å². The number of rotatable bonds is 5. The first-order valence-corrected chi connectivity index (χ1v) is 7.16. The van der Waals surface area contributed by atoms with E-state index in [1.807, 2.05) is 11.3 Å². The SMILES string of the molecule is CC(CC1CCCN1)N[C@H](C)c1cccs1. The van der Waals surface area contributed by atoms with Crippen LogP contribution in [0.15, 0.2) is 17.5 Å². The predicted octanol–water partition coefficient (Wildman–Crippen LogP) is 2.93. The van der Waals surface area contributed by atoms with E-state index in [2.05, 4.69) is 42.0 Å². The molecule has 90 valence electrons. The molecule has 3 atom stereocenters. The molecule has 16 heavy (non-hydrogen) atoms. The average Bonchev–Trinajstić information content (AvgIpc) is 2.88. The van der Waals surface area contributed by atoms with E-state index in [1.54, 1.807) is 0 Å². The minimum atomic E-state index is 0.483. The standard InChI is InChI=1S/C13H22N2S/c1-10(9-12-5-3-7-14-12)15-11(2)13-6-4-8-16-13/h4,6,8,10-12,14-15H,3,5,7,9H2,1-2H3/t10?,11-,12?/m1/s1. The summed E-state index contributed by atoms with van der Waals surface area (Å²) in [5.41, 5.74) is 0. The van der Waals surface area contributed by atoms with Gasteiger partial charge in [-0.1, -0.05) is 6.07 Å². The van der Waals surface area contributed by atoms with Gasteiger partial charge in [-0.25, -0.2) is 0 Å². The topological polar surface area (TPSA) is 24.1 Å². The van der Waals surface area contributed by atoms with Crippen LogP contribution in [0.25, 0.3) is 0 Å². The number of thiophene rings is 1. The minimum Gasteiger partial charge on any atom is -0.314 e. The Kier molecular flexibility index (Phi) is 4.38. The molecule has 2 unspecified atom stereocenters. The maximum Gasteiger partial charge on any atom is 0.0388 e. The third-order valence-electron chi connectivity index (χ3n) is 3.30. The van der Waals surface area contributed by atoms with E-state index in [1.165, 1.54) is 30.7 Å². The van der Waals surface area contributed by atoms with E-state index in [0.29, 0.717) is 12.1 Å². The molecule has 1 aliphatic heterocycles. The highest BCUT2D eigenvalue weighted by molar-refractivity contribution is 7.10. The summed E-state index contributed by atoms with van der Waals surface area (Å²) in [6.45, 7) is 5.76. The first kappa shape index (κ1) is 12.1. The summed E-state index contributed by atoms with van der Waals surface area (Å²) >= 11 is 1.84. The number of nitrogens with one attached hydrogen (secondary N) is 2. The van der Waals surface area contributed by atoms with Crippen molar-refractivity contribution in [2.45, 2.75) is 51.2 Å². The van der Waals surface area contributed by atoms with Crippen molar-refractivity contribution >= 4 is 11.3 Å². The quantitative estimate of drug-likeness (QED) is 0.824. The molecule has 0 spiro atoms. The van der Waals surface area contributed by atoms with Gasteiger partial charge < -0.3 is 10.6 Å². The van der Waals surface area contributed by atoms with Gasteiger partial charge in [-0.05, 0) is 51.1 Å². The summed E-state index contributed by atoms with van der Waals surface area (Å²) in [7, 11) is 0. The molecular formula is C13H22N2S. The molecule has 1 aliphatic rings. The molecule has 0 saturated carbocycles. The summed E-state index contributed by atoms with van der Waals surface area (Å²) < 4.78 is 0. The van der Waals surface area contributed by atoms with Crippen molar-refractivity contribution in [2.24, 2.45) is 0 Å². The van der Waals surface area contributed by atoms with Crippen molar-refractivity contribution in [3.63, 3.8) is 0 Å². The second-order valence-electron chi connectivity index (χ2n) is 4.83. The zero-order valence-corrected chi connectivity index (χ0v) is 11.0. The van der Waals surface area contributed by atoms with Gasteiger partial charge in [0, 0.05) is 23.0 Å². The van der Waals surface area contributed by atoms with E-state index in [-0.39, 0.29) is 0 Å². The van der Waals surface area contributed by atoms with Gasteiger partial charge in [0.25, 0.3) is 0 Å². The van der Waals surface area contributed by atoms with Crippen LogP contribution >= 0.6 is 11.3 Å². The molecule has 2 N–H and O–H groups in total. The summed E-state index contributed by atoms with van der Waals surface area (Å²) in [4.78, 5) is 1.44. The normalized spacial score (nSPS) is 24.5. The van der Waals surface area contributed by atoms with Crippen molar-refractivity contribution in [2.75, 3.05) is 6.54 Å². The van der Waals surface area contributed by atoms with Crippen LogP contribution in [0, 0.1) is 0 Å². The summed E-state index contributed by atoms with van der Waals surface area (Å²) in [5, 5.41) is 9.39. The fourth-order valence-corrected chi connectivity index (χ4v) is 3.24. The second-order valence-corrected chi connectivity index (χ2v) is 5.81. The Hall–Kier alpha value is -0.380. The third-order valence-corrected chi connectivity index (χ3v) is 4.36. The highest BCUT2D eigenvalue weighted by Gasteiger charge is 2.18. The van der Waals surface area contributed by atoms with Crippen molar-refractivity contribution < 1.29 is 0 Å². The van der Waals surface area contributed by atoms with Crippen molar-refractivity contribution in [3.05, 3.63) is 22.4 Å². The van der Waals surface area contributed by atoms with Crippen LogP contribution in [0.2, 0.25) is 0 Å². The Bertz CT molecular complexity index is 291. The molecule has 2 rings (SSSR count). The van der Waals surface area contributed by atoms with E-state index < -0.39 is 0 Å². The van der Waals surface area contributed by atoms with Crippen LogP contribution < -0.4 is 10.6 Å². The lowest BCUT2D eigenvalue weighted by molar-refractivity contribution is 0.410. The van der Waals surface area contributed by atoms with Crippen LogP contribution in [0.3, 0.4) is 0 Å². The Balaban J connectivity index is 1.75. The van der Waals surface area contributed by atoms with Gasteiger partial charge in [0.1, 0.15) is 0 Å². The van der Waals surface area contributed by atoms with Crippen molar-refractivity contribution in [1.29, 1.82) is 0 Å². The number of hydrogen-bond donors (Lipinski definition) is 2. The lowest BCUT2D eigenvalue weighted by Crippen LogP contribution is -2.35. The van der Waals surface area contributed by atoms with Gasteiger partial charge in [-0.3, -0.25) is 0 Å². The number of hydrogen-bond acceptors (Lipinski definition) is 3. The Morgan fingerprint density at radius 3 is 3.06 bits per heavy atom. The first-order chi connectivity index (χ1) is 7.75. The fraction of sp³-hybridized carbons (Fsp3) is 0.692. The fourth-order valence-electron chi connectivity index (χ4n) is 2.50. The van der Waals surface area contributed by atoms with Crippen LogP contribution in [0.5, 0.6) is 0 Å². The molecule has 1 saturated heterocycles. The van der Waals surface area contributed by atoms with Gasteiger partial charge in [-0.15, -0.1) is 11.3 Å². The van der Waals surface area contributed by atoms with Gasteiger partial charge in [-0.2, -0.15) is 0 Å². The maximum absolute atomic E-state index is 3.68. The second kappa shape index (κ2) is 5.80.